The van der Waals surface area contributed by atoms with Crippen molar-refractivity contribution >= 4 is 5.91 Å². The van der Waals surface area contributed by atoms with E-state index >= 15 is 0 Å². The molecule has 2 aliphatic heterocycles. The van der Waals surface area contributed by atoms with Gasteiger partial charge in [-0.05, 0) is 42.7 Å². The molecule has 2 fully saturated rings. The molecule has 0 aliphatic carbocycles. The highest BCUT2D eigenvalue weighted by Crippen LogP contribution is 2.30. The molecule has 0 bridgehead atoms. The number of carbonyl (C=O) groups excluding carboxylic acids is 1. The van der Waals surface area contributed by atoms with E-state index in [0.29, 0.717) is 0 Å². The zero-order chi connectivity index (χ0) is 19.7. The van der Waals surface area contributed by atoms with Crippen LogP contribution in [0.2, 0.25) is 0 Å². The number of aromatic nitrogens is 2. The lowest BCUT2D eigenvalue weighted by Crippen LogP contribution is -2.45. The van der Waals surface area contributed by atoms with Gasteiger partial charge in [0.2, 0.25) is 5.91 Å². The Bertz CT molecular complexity index is 839. The molecule has 4 rings (SSSR count). The van der Waals surface area contributed by atoms with Crippen molar-refractivity contribution in [2.24, 2.45) is 13.0 Å². The van der Waals surface area contributed by atoms with Crippen LogP contribution < -0.4 is 10.1 Å². The number of piperidine rings is 1. The molecule has 2 aromatic rings. The molecule has 3 heterocycles. The number of aryl methyl sites for hydroxylation is 3. The molecule has 2 aliphatic rings. The molecule has 28 heavy (non-hydrogen) atoms. The molecule has 6 heteroatoms. The second-order valence-electron chi connectivity index (χ2n) is 8.21. The fourth-order valence-corrected chi connectivity index (χ4v) is 4.33. The first-order valence-corrected chi connectivity index (χ1v) is 10.2. The van der Waals surface area contributed by atoms with Gasteiger partial charge in [-0.1, -0.05) is 6.07 Å². The van der Waals surface area contributed by atoms with Crippen LogP contribution in [0.3, 0.4) is 0 Å². The maximum atomic E-state index is 13.2. The number of nitrogens with one attached hydrogen (secondary N) is 1. The highest BCUT2D eigenvalue weighted by molar-refractivity contribution is 5.80. The Kier molecular flexibility index (Phi) is 5.40. The van der Waals surface area contributed by atoms with Crippen molar-refractivity contribution in [1.29, 1.82) is 0 Å². The van der Waals surface area contributed by atoms with E-state index in [2.05, 4.69) is 36.4 Å². The Morgan fingerprint density at radius 1 is 1.18 bits per heavy atom. The van der Waals surface area contributed by atoms with Crippen LogP contribution in [0, 0.1) is 19.8 Å². The number of amides is 1. The van der Waals surface area contributed by atoms with E-state index < -0.39 is 0 Å². The van der Waals surface area contributed by atoms with Gasteiger partial charge in [-0.25, -0.2) is 0 Å². The number of rotatable bonds is 4. The van der Waals surface area contributed by atoms with Gasteiger partial charge in [0.15, 0.2) is 0 Å². The molecule has 2 saturated heterocycles. The van der Waals surface area contributed by atoms with Crippen LogP contribution in [-0.2, 0) is 11.8 Å². The third-order valence-electron chi connectivity index (χ3n) is 6.22. The predicted octanol–water partition coefficient (Wildman–Crippen LogP) is 2.41. The Balaban J connectivity index is 1.34. The van der Waals surface area contributed by atoms with Crippen molar-refractivity contribution in [1.82, 2.24) is 20.0 Å². The largest absolute Gasteiger partial charge is 0.490 e. The van der Waals surface area contributed by atoms with E-state index in [1.165, 1.54) is 11.1 Å². The van der Waals surface area contributed by atoms with E-state index in [1.807, 2.05) is 35.1 Å². The van der Waals surface area contributed by atoms with Crippen molar-refractivity contribution in [3.63, 3.8) is 0 Å². The topological polar surface area (TPSA) is 59.4 Å². The van der Waals surface area contributed by atoms with Crippen LogP contribution in [0.1, 0.15) is 35.4 Å². The van der Waals surface area contributed by atoms with E-state index in [-0.39, 0.29) is 23.8 Å². The smallest absolute Gasteiger partial charge is 0.227 e. The van der Waals surface area contributed by atoms with Gasteiger partial charge in [0.1, 0.15) is 11.9 Å². The molecule has 0 unspecified atom stereocenters. The molecule has 1 aromatic carbocycles. The summed E-state index contributed by atoms with van der Waals surface area (Å²) in [6.45, 7) is 7.35. The normalized spacial score (nSPS) is 23.2. The lowest BCUT2D eigenvalue weighted by Gasteiger charge is -2.34. The second-order valence-corrected chi connectivity index (χ2v) is 8.21. The Hall–Kier alpha value is -2.34. The first-order valence-electron chi connectivity index (χ1n) is 10.2. The van der Waals surface area contributed by atoms with Crippen molar-refractivity contribution in [3.05, 3.63) is 47.3 Å². The number of hydrogen-bond acceptors (Lipinski definition) is 4. The molecule has 150 valence electrons. The zero-order valence-electron chi connectivity index (χ0n) is 17.0. The first-order chi connectivity index (χ1) is 13.5. The molecule has 2 atom stereocenters. The quantitative estimate of drug-likeness (QED) is 0.882. The number of likely N-dealkylation sites (tertiary alicyclic amines) is 1. The number of hydrogen-bond donors (Lipinski definition) is 1. The van der Waals surface area contributed by atoms with Crippen LogP contribution in [0.25, 0.3) is 0 Å². The second kappa shape index (κ2) is 7.95. The summed E-state index contributed by atoms with van der Waals surface area (Å²) >= 11 is 0. The SMILES string of the molecule is Cc1ccc(OC2CCN(C(=O)[C@H]3CNC[C@@H]3c3cnn(C)c3)CC2)cc1C. The summed E-state index contributed by atoms with van der Waals surface area (Å²) in [5.41, 5.74) is 3.68. The summed E-state index contributed by atoms with van der Waals surface area (Å²) in [6.07, 6.45) is 5.87. The van der Waals surface area contributed by atoms with Crippen molar-refractivity contribution in [2.75, 3.05) is 26.2 Å². The lowest BCUT2D eigenvalue weighted by molar-refractivity contribution is -0.137. The van der Waals surface area contributed by atoms with Gasteiger partial charge in [-0.3, -0.25) is 9.48 Å². The van der Waals surface area contributed by atoms with Crippen LogP contribution in [0.15, 0.2) is 30.6 Å². The minimum atomic E-state index is 0.00131. The fourth-order valence-electron chi connectivity index (χ4n) is 4.33. The molecule has 0 saturated carbocycles. The Morgan fingerprint density at radius 3 is 2.64 bits per heavy atom. The predicted molar refractivity (Wildman–Crippen MR) is 108 cm³/mol. The average Bonchev–Trinajstić information content (AvgIpc) is 3.33. The summed E-state index contributed by atoms with van der Waals surface area (Å²) in [5, 5.41) is 7.67. The molecular formula is C22H30N4O2. The molecule has 0 spiro atoms. The lowest BCUT2D eigenvalue weighted by atomic mass is 9.89. The molecule has 6 nitrogen and oxygen atoms in total. The maximum absolute atomic E-state index is 13.2. The van der Waals surface area contributed by atoms with Crippen LogP contribution >= 0.6 is 0 Å². The maximum Gasteiger partial charge on any atom is 0.227 e. The van der Waals surface area contributed by atoms with Crippen LogP contribution in [-0.4, -0.2) is 52.9 Å². The van der Waals surface area contributed by atoms with Gasteiger partial charge in [-0.2, -0.15) is 5.10 Å². The molecule has 0 radical (unpaired) electrons. The fraction of sp³-hybridized carbons (Fsp3) is 0.545. The number of carbonyl (C=O) groups is 1. The number of nitrogens with zero attached hydrogens (tertiary/aromatic N) is 3. The van der Waals surface area contributed by atoms with Crippen molar-refractivity contribution < 1.29 is 9.53 Å². The Morgan fingerprint density at radius 2 is 1.96 bits per heavy atom. The standard InChI is InChI=1S/C22H30N4O2/c1-15-4-5-19(10-16(15)2)28-18-6-8-26(9-7-18)22(27)21-13-23-12-20(21)17-11-24-25(3)14-17/h4-5,10-11,14,18,20-21,23H,6-9,12-13H2,1-3H3/t20-,21+/m1/s1. The third-order valence-corrected chi connectivity index (χ3v) is 6.22. The molecule has 1 N–H and O–H groups in total. The summed E-state index contributed by atoms with van der Waals surface area (Å²) in [5.74, 6) is 1.42. The van der Waals surface area contributed by atoms with Crippen molar-refractivity contribution in [3.8, 4) is 5.75 Å². The van der Waals surface area contributed by atoms with Gasteiger partial charge in [-0.15, -0.1) is 0 Å². The number of ether oxygens (including phenoxy) is 1. The average molecular weight is 383 g/mol. The van der Waals surface area contributed by atoms with E-state index in [4.69, 9.17) is 4.74 Å². The Labute approximate surface area is 166 Å². The zero-order valence-corrected chi connectivity index (χ0v) is 17.0. The highest BCUT2D eigenvalue weighted by atomic mass is 16.5. The minimum Gasteiger partial charge on any atom is -0.490 e. The van der Waals surface area contributed by atoms with Gasteiger partial charge in [0, 0.05) is 58.2 Å². The van der Waals surface area contributed by atoms with Crippen molar-refractivity contribution in [2.45, 2.75) is 38.7 Å². The van der Waals surface area contributed by atoms with E-state index in [0.717, 1.165) is 50.3 Å². The molecule has 1 aromatic heterocycles. The van der Waals surface area contributed by atoms with Gasteiger partial charge < -0.3 is 15.0 Å². The van der Waals surface area contributed by atoms with Gasteiger partial charge in [0.25, 0.3) is 0 Å². The summed E-state index contributed by atoms with van der Waals surface area (Å²) in [7, 11) is 1.92. The summed E-state index contributed by atoms with van der Waals surface area (Å²) in [4.78, 5) is 15.2. The highest BCUT2D eigenvalue weighted by Gasteiger charge is 2.38. The van der Waals surface area contributed by atoms with Gasteiger partial charge in [0.05, 0.1) is 12.1 Å². The van der Waals surface area contributed by atoms with Crippen LogP contribution in [0.4, 0.5) is 0 Å². The van der Waals surface area contributed by atoms with E-state index in [9.17, 15) is 4.79 Å². The monoisotopic (exact) mass is 382 g/mol. The summed E-state index contributed by atoms with van der Waals surface area (Å²) < 4.78 is 7.99. The summed E-state index contributed by atoms with van der Waals surface area (Å²) in [6, 6.07) is 6.26. The van der Waals surface area contributed by atoms with Gasteiger partial charge >= 0.3 is 0 Å². The van der Waals surface area contributed by atoms with Crippen LogP contribution in [0.5, 0.6) is 5.75 Å². The van der Waals surface area contributed by atoms with E-state index in [1.54, 1.807) is 0 Å². The minimum absolute atomic E-state index is 0.00131. The number of benzene rings is 1. The molecule has 1 amide bonds. The third kappa shape index (κ3) is 3.92. The first kappa shape index (κ1) is 19.0. The molecular weight excluding hydrogens is 352 g/mol.